The smallest absolute Gasteiger partial charge is 0.132 e. The summed E-state index contributed by atoms with van der Waals surface area (Å²) < 4.78 is 5.78. The van der Waals surface area contributed by atoms with Crippen molar-refractivity contribution in [2.24, 2.45) is 0 Å². The van der Waals surface area contributed by atoms with Gasteiger partial charge in [0.15, 0.2) is 0 Å². The normalized spacial score (nSPS) is 20.8. The monoisotopic (exact) mass is 254 g/mol. The summed E-state index contributed by atoms with van der Waals surface area (Å²) in [6.45, 7) is 3.95. The number of pyridine rings is 1. The molecule has 1 unspecified atom stereocenters. The van der Waals surface area contributed by atoms with Crippen LogP contribution in [0.3, 0.4) is 0 Å². The second-order valence-electron chi connectivity index (χ2n) is 4.69. The molecular formula is C13H19ClN2O. The van der Waals surface area contributed by atoms with Crippen LogP contribution >= 0.6 is 11.6 Å². The fourth-order valence-electron chi connectivity index (χ4n) is 2.29. The van der Waals surface area contributed by atoms with E-state index in [-0.39, 0.29) is 0 Å². The Hall–Kier alpha value is -0.800. The second kappa shape index (κ2) is 5.69. The fourth-order valence-corrected chi connectivity index (χ4v) is 2.43. The van der Waals surface area contributed by atoms with Crippen LogP contribution in [0.15, 0.2) is 12.3 Å². The molecule has 1 fully saturated rings. The van der Waals surface area contributed by atoms with Gasteiger partial charge in [0.05, 0.1) is 6.61 Å². The highest BCUT2D eigenvalue weighted by atomic mass is 35.5. The van der Waals surface area contributed by atoms with Crippen molar-refractivity contribution in [2.45, 2.75) is 32.2 Å². The Morgan fingerprint density at radius 1 is 1.59 bits per heavy atom. The zero-order valence-corrected chi connectivity index (χ0v) is 11.2. The summed E-state index contributed by atoms with van der Waals surface area (Å²) in [6, 6.07) is 2.46. The lowest BCUT2D eigenvalue weighted by molar-refractivity contribution is 0.232. The van der Waals surface area contributed by atoms with Crippen LogP contribution < -0.4 is 4.74 Å². The number of aryl methyl sites for hydroxylation is 1. The molecule has 2 heterocycles. The van der Waals surface area contributed by atoms with Crippen LogP contribution in [0.1, 0.15) is 24.8 Å². The number of ether oxygens (including phenoxy) is 1. The number of hydrogen-bond donors (Lipinski definition) is 0. The minimum Gasteiger partial charge on any atom is -0.493 e. The van der Waals surface area contributed by atoms with Crippen molar-refractivity contribution in [1.82, 2.24) is 9.88 Å². The molecule has 94 valence electrons. The zero-order valence-electron chi connectivity index (χ0n) is 10.4. The predicted octanol–water partition coefficient (Wildman–Crippen LogP) is 2.91. The Bertz CT molecular complexity index is 384. The average Bonchev–Trinajstić information content (AvgIpc) is 2.70. The van der Waals surface area contributed by atoms with Gasteiger partial charge in [-0.3, -0.25) is 0 Å². The third kappa shape index (κ3) is 3.33. The Morgan fingerprint density at radius 3 is 3.12 bits per heavy atom. The highest BCUT2D eigenvalue weighted by molar-refractivity contribution is 6.29. The third-order valence-electron chi connectivity index (χ3n) is 3.40. The second-order valence-corrected chi connectivity index (χ2v) is 5.07. The van der Waals surface area contributed by atoms with E-state index in [4.69, 9.17) is 16.3 Å². The topological polar surface area (TPSA) is 25.4 Å². The average molecular weight is 255 g/mol. The first kappa shape index (κ1) is 12.7. The summed E-state index contributed by atoms with van der Waals surface area (Å²) in [7, 11) is 2.19. The molecule has 17 heavy (non-hydrogen) atoms. The van der Waals surface area contributed by atoms with Crippen LogP contribution in [0.25, 0.3) is 0 Å². The van der Waals surface area contributed by atoms with E-state index in [9.17, 15) is 0 Å². The van der Waals surface area contributed by atoms with Gasteiger partial charge in [0, 0.05) is 23.9 Å². The molecule has 2 rings (SSSR count). The van der Waals surface area contributed by atoms with Gasteiger partial charge in [0.25, 0.3) is 0 Å². The van der Waals surface area contributed by atoms with Gasteiger partial charge in [-0.2, -0.15) is 0 Å². The number of nitrogens with zero attached hydrogens (tertiary/aromatic N) is 2. The molecule has 3 nitrogen and oxygen atoms in total. The summed E-state index contributed by atoms with van der Waals surface area (Å²) in [5.74, 6) is 0.852. The van der Waals surface area contributed by atoms with Crippen molar-refractivity contribution < 1.29 is 4.74 Å². The maximum atomic E-state index is 5.85. The van der Waals surface area contributed by atoms with E-state index in [0.29, 0.717) is 11.2 Å². The van der Waals surface area contributed by atoms with Crippen molar-refractivity contribution in [3.63, 3.8) is 0 Å². The first-order valence-corrected chi connectivity index (χ1v) is 6.50. The van der Waals surface area contributed by atoms with Crippen molar-refractivity contribution in [3.05, 3.63) is 23.0 Å². The number of aromatic nitrogens is 1. The first-order chi connectivity index (χ1) is 8.16. The molecule has 0 bridgehead atoms. The molecule has 0 spiro atoms. The zero-order chi connectivity index (χ0) is 12.3. The number of likely N-dealkylation sites (tertiary alicyclic amines) is 1. The Labute approximate surface area is 108 Å². The molecule has 0 radical (unpaired) electrons. The van der Waals surface area contributed by atoms with Crippen LogP contribution in [-0.4, -0.2) is 36.1 Å². The molecule has 1 atom stereocenters. The summed E-state index contributed by atoms with van der Waals surface area (Å²) in [5, 5.41) is 0.489. The van der Waals surface area contributed by atoms with Crippen LogP contribution in [0.2, 0.25) is 5.15 Å². The van der Waals surface area contributed by atoms with E-state index in [0.717, 1.165) is 24.3 Å². The van der Waals surface area contributed by atoms with E-state index >= 15 is 0 Å². The molecule has 1 aromatic rings. The van der Waals surface area contributed by atoms with Gasteiger partial charge >= 0.3 is 0 Å². The molecule has 0 N–H and O–H groups in total. The van der Waals surface area contributed by atoms with E-state index < -0.39 is 0 Å². The van der Waals surface area contributed by atoms with Crippen LogP contribution in [0.5, 0.6) is 5.75 Å². The highest BCUT2D eigenvalue weighted by Crippen LogP contribution is 2.22. The molecule has 1 aliphatic rings. The van der Waals surface area contributed by atoms with Gasteiger partial charge in [0.2, 0.25) is 0 Å². The fraction of sp³-hybridized carbons (Fsp3) is 0.615. The maximum absolute atomic E-state index is 5.85. The maximum Gasteiger partial charge on any atom is 0.132 e. The van der Waals surface area contributed by atoms with Crippen molar-refractivity contribution in [2.75, 3.05) is 20.2 Å². The lowest BCUT2D eigenvalue weighted by Gasteiger charge is -2.19. The highest BCUT2D eigenvalue weighted by Gasteiger charge is 2.20. The van der Waals surface area contributed by atoms with E-state index in [2.05, 4.69) is 16.9 Å². The van der Waals surface area contributed by atoms with Gasteiger partial charge in [-0.15, -0.1) is 0 Å². The minimum atomic E-state index is 0.489. The lowest BCUT2D eigenvalue weighted by atomic mass is 10.1. The molecule has 1 aromatic heterocycles. The number of hydrogen-bond acceptors (Lipinski definition) is 3. The summed E-state index contributed by atoms with van der Waals surface area (Å²) in [5.41, 5.74) is 1.04. The summed E-state index contributed by atoms with van der Waals surface area (Å²) in [4.78, 5) is 6.43. The largest absolute Gasteiger partial charge is 0.493 e. The molecule has 1 saturated heterocycles. The van der Waals surface area contributed by atoms with Crippen molar-refractivity contribution in [3.8, 4) is 5.75 Å². The Kier molecular flexibility index (Phi) is 4.24. The van der Waals surface area contributed by atoms with Crippen LogP contribution in [-0.2, 0) is 0 Å². The van der Waals surface area contributed by atoms with Crippen molar-refractivity contribution >= 4 is 11.6 Å². The number of rotatable bonds is 4. The Morgan fingerprint density at radius 2 is 2.41 bits per heavy atom. The molecule has 4 heteroatoms. The van der Waals surface area contributed by atoms with E-state index in [1.807, 2.05) is 6.92 Å². The van der Waals surface area contributed by atoms with Gasteiger partial charge in [-0.1, -0.05) is 11.6 Å². The molecular weight excluding hydrogens is 236 g/mol. The van der Waals surface area contributed by atoms with Crippen molar-refractivity contribution in [1.29, 1.82) is 0 Å². The van der Waals surface area contributed by atoms with Gasteiger partial charge in [-0.25, -0.2) is 4.98 Å². The first-order valence-electron chi connectivity index (χ1n) is 6.12. The lowest BCUT2D eigenvalue weighted by Crippen LogP contribution is -2.26. The van der Waals surface area contributed by atoms with Crippen LogP contribution in [0, 0.1) is 6.92 Å². The Balaban J connectivity index is 1.83. The molecule has 0 aromatic carbocycles. The third-order valence-corrected chi connectivity index (χ3v) is 3.61. The quantitative estimate of drug-likeness (QED) is 0.773. The summed E-state index contributed by atoms with van der Waals surface area (Å²) in [6.07, 6.45) is 5.42. The molecule has 1 aliphatic heterocycles. The minimum absolute atomic E-state index is 0.489. The van der Waals surface area contributed by atoms with Gasteiger partial charge < -0.3 is 9.64 Å². The number of halogens is 1. The predicted molar refractivity (Wildman–Crippen MR) is 69.7 cm³/mol. The van der Waals surface area contributed by atoms with Gasteiger partial charge in [-0.05, 0) is 39.8 Å². The van der Waals surface area contributed by atoms with E-state index in [1.165, 1.54) is 19.4 Å². The summed E-state index contributed by atoms with van der Waals surface area (Å²) >= 11 is 5.85. The molecule has 0 saturated carbocycles. The standard InChI is InChI=1S/C13H19ClN2O/c1-10-9-15-13(14)8-12(10)17-7-5-11-4-3-6-16(11)2/h8-9,11H,3-7H2,1-2H3. The van der Waals surface area contributed by atoms with E-state index in [1.54, 1.807) is 12.3 Å². The van der Waals surface area contributed by atoms with Crippen LogP contribution in [0.4, 0.5) is 0 Å². The molecule has 0 aliphatic carbocycles. The SMILES string of the molecule is Cc1cnc(Cl)cc1OCCC1CCCN1C. The van der Waals surface area contributed by atoms with Gasteiger partial charge in [0.1, 0.15) is 10.9 Å². The molecule has 0 amide bonds.